The standard InChI is InChI=1S/C29H54O4/c1-3-5-7-9-10-11-12-13-14-15-16-17-21-25-33-29(31)27-23-19-18-22-26(27)28(30)32-24-20-8-6-4-2/h26-27H,3-25H2,1-2H3. The van der Waals surface area contributed by atoms with Crippen molar-refractivity contribution in [1.29, 1.82) is 0 Å². The zero-order valence-electron chi connectivity index (χ0n) is 22.1. The van der Waals surface area contributed by atoms with Crippen molar-refractivity contribution in [2.45, 2.75) is 149 Å². The van der Waals surface area contributed by atoms with Gasteiger partial charge in [-0.25, -0.2) is 0 Å². The van der Waals surface area contributed by atoms with Gasteiger partial charge in [0.2, 0.25) is 0 Å². The average Bonchev–Trinajstić information content (AvgIpc) is 2.83. The van der Waals surface area contributed by atoms with Crippen molar-refractivity contribution in [1.82, 2.24) is 0 Å². The Morgan fingerprint density at radius 3 is 1.18 bits per heavy atom. The fourth-order valence-electron chi connectivity index (χ4n) is 4.90. The summed E-state index contributed by atoms with van der Waals surface area (Å²) in [5, 5.41) is 0. The Balaban J connectivity index is 2.05. The van der Waals surface area contributed by atoms with Gasteiger partial charge in [-0.15, -0.1) is 0 Å². The molecule has 1 saturated carbocycles. The summed E-state index contributed by atoms with van der Waals surface area (Å²) in [7, 11) is 0. The first-order valence-corrected chi connectivity index (χ1v) is 14.5. The van der Waals surface area contributed by atoms with Gasteiger partial charge in [0.05, 0.1) is 25.0 Å². The topological polar surface area (TPSA) is 52.6 Å². The first-order chi connectivity index (χ1) is 16.2. The Morgan fingerprint density at radius 1 is 0.515 bits per heavy atom. The molecule has 4 nitrogen and oxygen atoms in total. The van der Waals surface area contributed by atoms with E-state index in [4.69, 9.17) is 9.47 Å². The van der Waals surface area contributed by atoms with Crippen LogP contribution in [0.3, 0.4) is 0 Å². The Labute approximate surface area is 205 Å². The second-order valence-corrected chi connectivity index (χ2v) is 10.1. The lowest BCUT2D eigenvalue weighted by molar-refractivity contribution is -0.163. The minimum atomic E-state index is -0.302. The van der Waals surface area contributed by atoms with Gasteiger partial charge in [-0.3, -0.25) is 9.59 Å². The molecular formula is C29H54O4. The van der Waals surface area contributed by atoms with E-state index < -0.39 is 0 Å². The van der Waals surface area contributed by atoms with E-state index in [-0.39, 0.29) is 23.8 Å². The van der Waals surface area contributed by atoms with E-state index in [2.05, 4.69) is 13.8 Å². The Hall–Kier alpha value is -1.06. The number of ether oxygens (including phenoxy) is 2. The van der Waals surface area contributed by atoms with Gasteiger partial charge in [0.1, 0.15) is 0 Å². The van der Waals surface area contributed by atoms with Gasteiger partial charge in [-0.2, -0.15) is 0 Å². The van der Waals surface area contributed by atoms with Gasteiger partial charge in [-0.1, -0.05) is 123 Å². The summed E-state index contributed by atoms with van der Waals surface area (Å²) in [6.45, 7) is 5.41. The summed E-state index contributed by atoms with van der Waals surface area (Å²) < 4.78 is 11.1. The van der Waals surface area contributed by atoms with Gasteiger partial charge in [0.25, 0.3) is 0 Å². The van der Waals surface area contributed by atoms with Gasteiger partial charge in [0.15, 0.2) is 0 Å². The van der Waals surface area contributed by atoms with Crippen LogP contribution in [0.4, 0.5) is 0 Å². The van der Waals surface area contributed by atoms with E-state index in [1.807, 2.05) is 0 Å². The summed E-state index contributed by atoms with van der Waals surface area (Å²) >= 11 is 0. The predicted molar refractivity (Wildman–Crippen MR) is 137 cm³/mol. The van der Waals surface area contributed by atoms with Crippen LogP contribution in [0.15, 0.2) is 0 Å². The van der Waals surface area contributed by atoms with Gasteiger partial charge >= 0.3 is 11.9 Å². The van der Waals surface area contributed by atoms with E-state index in [9.17, 15) is 9.59 Å². The van der Waals surface area contributed by atoms with Crippen molar-refractivity contribution in [3.63, 3.8) is 0 Å². The van der Waals surface area contributed by atoms with Crippen molar-refractivity contribution >= 4 is 11.9 Å². The quantitative estimate of drug-likeness (QED) is 0.126. The summed E-state index contributed by atoms with van der Waals surface area (Å²) in [5.74, 6) is -0.969. The number of carbonyl (C=O) groups is 2. The van der Waals surface area contributed by atoms with Crippen LogP contribution in [0.2, 0.25) is 0 Å². The Morgan fingerprint density at radius 2 is 0.818 bits per heavy atom. The molecule has 1 rings (SSSR count). The van der Waals surface area contributed by atoms with Crippen LogP contribution in [0.1, 0.15) is 149 Å². The van der Waals surface area contributed by atoms with E-state index in [0.29, 0.717) is 13.2 Å². The Bertz CT molecular complexity index is 476. The number of rotatable bonds is 21. The van der Waals surface area contributed by atoms with Crippen molar-refractivity contribution in [3.8, 4) is 0 Å². The van der Waals surface area contributed by atoms with Gasteiger partial charge in [0, 0.05) is 0 Å². The van der Waals surface area contributed by atoms with Crippen LogP contribution in [0.25, 0.3) is 0 Å². The van der Waals surface area contributed by atoms with Crippen molar-refractivity contribution < 1.29 is 19.1 Å². The fourth-order valence-corrected chi connectivity index (χ4v) is 4.90. The molecule has 0 heterocycles. The van der Waals surface area contributed by atoms with E-state index in [0.717, 1.165) is 51.4 Å². The number of unbranched alkanes of at least 4 members (excludes halogenated alkanes) is 15. The average molecular weight is 467 g/mol. The monoisotopic (exact) mass is 466 g/mol. The lowest BCUT2D eigenvalue weighted by Gasteiger charge is -2.28. The maximum Gasteiger partial charge on any atom is 0.309 e. The molecular weight excluding hydrogens is 412 g/mol. The molecule has 0 spiro atoms. The molecule has 2 atom stereocenters. The van der Waals surface area contributed by atoms with E-state index >= 15 is 0 Å². The SMILES string of the molecule is CCCCCCCCCCCCCCCOC(=O)C1CCCCC1C(=O)OCCCCCC. The van der Waals surface area contributed by atoms with Crippen molar-refractivity contribution in [2.24, 2.45) is 11.8 Å². The fraction of sp³-hybridized carbons (Fsp3) is 0.931. The number of esters is 2. The molecule has 1 fully saturated rings. The summed E-state index contributed by atoms with van der Waals surface area (Å²) in [6.07, 6.45) is 24.9. The molecule has 1 aliphatic rings. The molecule has 0 radical (unpaired) electrons. The molecule has 0 amide bonds. The third-order valence-electron chi connectivity index (χ3n) is 7.11. The maximum atomic E-state index is 12.6. The second-order valence-electron chi connectivity index (χ2n) is 10.1. The van der Waals surface area contributed by atoms with Crippen molar-refractivity contribution in [2.75, 3.05) is 13.2 Å². The molecule has 0 aliphatic heterocycles. The lowest BCUT2D eigenvalue weighted by atomic mass is 9.79. The van der Waals surface area contributed by atoms with E-state index in [1.54, 1.807) is 0 Å². The molecule has 0 aromatic carbocycles. The highest BCUT2D eigenvalue weighted by Gasteiger charge is 2.37. The lowest BCUT2D eigenvalue weighted by Crippen LogP contribution is -2.35. The smallest absolute Gasteiger partial charge is 0.309 e. The molecule has 1 aliphatic carbocycles. The molecule has 0 saturated heterocycles. The Kier molecular flexibility index (Phi) is 19.5. The number of hydrogen-bond donors (Lipinski definition) is 0. The summed E-state index contributed by atoms with van der Waals surface area (Å²) in [5.41, 5.74) is 0. The van der Waals surface area contributed by atoms with Crippen LogP contribution in [0.5, 0.6) is 0 Å². The van der Waals surface area contributed by atoms with Crippen LogP contribution < -0.4 is 0 Å². The number of hydrogen-bond acceptors (Lipinski definition) is 4. The molecule has 0 bridgehead atoms. The summed E-state index contributed by atoms with van der Waals surface area (Å²) in [4.78, 5) is 25.1. The van der Waals surface area contributed by atoms with Crippen LogP contribution >= 0.6 is 0 Å². The molecule has 0 aromatic rings. The number of carbonyl (C=O) groups excluding carboxylic acids is 2. The highest BCUT2D eigenvalue weighted by molar-refractivity contribution is 5.82. The highest BCUT2D eigenvalue weighted by atomic mass is 16.5. The van der Waals surface area contributed by atoms with Gasteiger partial charge in [-0.05, 0) is 25.7 Å². The second kappa shape index (κ2) is 21.5. The molecule has 194 valence electrons. The molecule has 33 heavy (non-hydrogen) atoms. The van der Waals surface area contributed by atoms with E-state index in [1.165, 1.54) is 83.5 Å². The largest absolute Gasteiger partial charge is 0.465 e. The normalized spacial score (nSPS) is 18.2. The zero-order valence-corrected chi connectivity index (χ0v) is 22.1. The summed E-state index contributed by atoms with van der Waals surface area (Å²) in [6, 6.07) is 0. The first-order valence-electron chi connectivity index (χ1n) is 14.5. The van der Waals surface area contributed by atoms with Gasteiger partial charge < -0.3 is 9.47 Å². The van der Waals surface area contributed by atoms with Crippen molar-refractivity contribution in [3.05, 3.63) is 0 Å². The van der Waals surface area contributed by atoms with Crippen LogP contribution in [0, 0.1) is 11.8 Å². The molecule has 0 N–H and O–H groups in total. The molecule has 4 heteroatoms. The zero-order chi connectivity index (χ0) is 24.0. The molecule has 0 aromatic heterocycles. The minimum absolute atomic E-state index is 0.179. The molecule has 2 unspecified atom stereocenters. The van der Waals surface area contributed by atoms with Crippen LogP contribution in [-0.2, 0) is 19.1 Å². The third kappa shape index (κ3) is 15.5. The maximum absolute atomic E-state index is 12.6. The minimum Gasteiger partial charge on any atom is -0.465 e. The third-order valence-corrected chi connectivity index (χ3v) is 7.11. The van der Waals surface area contributed by atoms with Crippen LogP contribution in [-0.4, -0.2) is 25.2 Å². The highest BCUT2D eigenvalue weighted by Crippen LogP contribution is 2.32. The first kappa shape index (κ1) is 30.0. The predicted octanol–water partition coefficient (Wildman–Crippen LogP) is 8.55.